The first-order chi connectivity index (χ1) is 5.27. The molecule has 0 aromatic carbocycles. The first-order valence-electron chi connectivity index (χ1n) is 4.50. The normalized spacial score (nSPS) is 6.00. The van der Waals surface area contributed by atoms with Gasteiger partial charge in [0, 0.05) is 0 Å². The predicted molar refractivity (Wildman–Crippen MR) is 57.0 cm³/mol. The van der Waals surface area contributed by atoms with Crippen LogP contribution in [0.25, 0.3) is 0 Å². The standard InChI is InChI=1S/C4H11N.2C2H6.CH5N/c1-4-5(2)3;3*1-2/h4H2,1-3H3;2*1-2H3;2H2,1H3. The molecular weight excluding hydrogens is 136 g/mol. The van der Waals surface area contributed by atoms with Gasteiger partial charge in [-0.1, -0.05) is 34.6 Å². The van der Waals surface area contributed by atoms with E-state index in [1.165, 1.54) is 7.05 Å². The fourth-order valence-corrected chi connectivity index (χ4v) is 0. The lowest BCUT2D eigenvalue weighted by Gasteiger charge is -2.00. The second-order valence-corrected chi connectivity index (χ2v) is 1.40. The van der Waals surface area contributed by atoms with Crippen LogP contribution in [-0.4, -0.2) is 32.6 Å². The topological polar surface area (TPSA) is 29.3 Å². The molecule has 0 aliphatic rings. The highest BCUT2D eigenvalue weighted by Crippen LogP contribution is 1.63. The Morgan fingerprint density at radius 3 is 1.00 bits per heavy atom. The predicted octanol–water partition coefficient (Wildman–Crippen LogP) is 2.20. The van der Waals surface area contributed by atoms with E-state index >= 15 is 0 Å². The van der Waals surface area contributed by atoms with Crippen LogP contribution in [0.5, 0.6) is 0 Å². The zero-order chi connectivity index (χ0) is 10.3. The molecule has 0 aliphatic heterocycles. The number of nitrogens with two attached hydrogens (primary N) is 1. The van der Waals surface area contributed by atoms with E-state index in [0.29, 0.717) is 0 Å². The summed E-state index contributed by atoms with van der Waals surface area (Å²) < 4.78 is 0. The summed E-state index contributed by atoms with van der Waals surface area (Å²) in [6.45, 7) is 11.3. The molecule has 0 aromatic heterocycles. The highest BCUT2D eigenvalue weighted by Gasteiger charge is 1.72. The summed E-state index contributed by atoms with van der Waals surface area (Å²) >= 11 is 0. The molecule has 0 saturated heterocycles. The first-order valence-corrected chi connectivity index (χ1v) is 4.50. The van der Waals surface area contributed by atoms with Gasteiger partial charge in [0.1, 0.15) is 0 Å². The lowest BCUT2D eigenvalue weighted by molar-refractivity contribution is 0.434. The van der Waals surface area contributed by atoms with E-state index in [-0.39, 0.29) is 0 Å². The van der Waals surface area contributed by atoms with Crippen molar-refractivity contribution in [3.05, 3.63) is 0 Å². The number of hydrogen-bond donors (Lipinski definition) is 1. The van der Waals surface area contributed by atoms with Gasteiger partial charge in [-0.25, -0.2) is 0 Å². The van der Waals surface area contributed by atoms with Crippen molar-refractivity contribution in [1.82, 2.24) is 4.90 Å². The quantitative estimate of drug-likeness (QED) is 0.644. The van der Waals surface area contributed by atoms with Crippen LogP contribution in [0, 0.1) is 0 Å². The Balaban J connectivity index is -0.0000000350. The van der Waals surface area contributed by atoms with Crippen LogP contribution in [0.3, 0.4) is 0 Å². The summed E-state index contributed by atoms with van der Waals surface area (Å²) in [7, 11) is 5.61. The van der Waals surface area contributed by atoms with Gasteiger partial charge in [0.05, 0.1) is 0 Å². The van der Waals surface area contributed by atoms with Crippen molar-refractivity contribution in [3.63, 3.8) is 0 Å². The molecule has 0 amide bonds. The van der Waals surface area contributed by atoms with Gasteiger partial charge in [-0.3, -0.25) is 0 Å². The molecular formula is C9H28N2. The van der Waals surface area contributed by atoms with Crippen LogP contribution in [0.2, 0.25) is 0 Å². The molecule has 74 valence electrons. The summed E-state index contributed by atoms with van der Waals surface area (Å²) in [5, 5.41) is 0. The van der Waals surface area contributed by atoms with Crippen molar-refractivity contribution >= 4 is 0 Å². The zero-order valence-electron chi connectivity index (χ0n) is 9.73. The third kappa shape index (κ3) is 169. The molecule has 0 aliphatic carbocycles. The lowest BCUT2D eigenvalue weighted by atomic mass is 10.7. The fraction of sp³-hybridized carbons (Fsp3) is 1.00. The van der Waals surface area contributed by atoms with Crippen molar-refractivity contribution in [2.75, 3.05) is 27.7 Å². The van der Waals surface area contributed by atoms with Crippen LogP contribution in [-0.2, 0) is 0 Å². The maximum atomic E-state index is 4.50. The molecule has 0 bridgehead atoms. The molecule has 0 atom stereocenters. The van der Waals surface area contributed by atoms with Crippen molar-refractivity contribution in [2.24, 2.45) is 5.73 Å². The Morgan fingerprint density at radius 1 is 0.909 bits per heavy atom. The summed E-state index contributed by atoms with van der Waals surface area (Å²) in [5.74, 6) is 0. The van der Waals surface area contributed by atoms with Gasteiger partial charge in [0.15, 0.2) is 0 Å². The van der Waals surface area contributed by atoms with Crippen LogP contribution in [0.4, 0.5) is 0 Å². The summed E-state index contributed by atoms with van der Waals surface area (Å²) in [4.78, 5) is 2.12. The van der Waals surface area contributed by atoms with Gasteiger partial charge in [-0.05, 0) is 27.7 Å². The molecule has 0 aromatic rings. The maximum Gasteiger partial charge on any atom is -0.00533 e. The summed E-state index contributed by atoms with van der Waals surface area (Å²) in [6, 6.07) is 0. The highest BCUT2D eigenvalue weighted by molar-refractivity contribution is 4.25. The SMILES string of the molecule is CC.CC.CCN(C)C.CN. The van der Waals surface area contributed by atoms with Gasteiger partial charge in [0.2, 0.25) is 0 Å². The van der Waals surface area contributed by atoms with E-state index in [0.717, 1.165) is 6.54 Å². The maximum absolute atomic E-state index is 4.50. The Bertz CT molecular complexity index is 21.5. The second kappa shape index (κ2) is 51.4. The van der Waals surface area contributed by atoms with E-state index in [1.807, 2.05) is 27.7 Å². The third-order valence-corrected chi connectivity index (χ3v) is 0.632. The molecule has 0 fully saturated rings. The number of hydrogen-bond acceptors (Lipinski definition) is 2. The molecule has 0 saturated carbocycles. The van der Waals surface area contributed by atoms with Crippen LogP contribution in [0.15, 0.2) is 0 Å². The third-order valence-electron chi connectivity index (χ3n) is 0.632. The van der Waals surface area contributed by atoms with E-state index in [9.17, 15) is 0 Å². The largest absolute Gasteiger partial charge is 0.333 e. The lowest BCUT2D eigenvalue weighted by Crippen LogP contribution is -2.08. The van der Waals surface area contributed by atoms with Crippen molar-refractivity contribution in [1.29, 1.82) is 0 Å². The molecule has 0 rings (SSSR count). The van der Waals surface area contributed by atoms with Gasteiger partial charge >= 0.3 is 0 Å². The molecule has 2 N–H and O–H groups in total. The van der Waals surface area contributed by atoms with E-state index in [2.05, 4.69) is 31.7 Å². The number of nitrogens with zero attached hydrogens (tertiary/aromatic N) is 1. The minimum Gasteiger partial charge on any atom is -0.333 e. The van der Waals surface area contributed by atoms with Gasteiger partial charge in [0.25, 0.3) is 0 Å². The Hall–Kier alpha value is -0.0800. The van der Waals surface area contributed by atoms with Crippen LogP contribution >= 0.6 is 0 Å². The minimum absolute atomic E-state index is 1.14. The highest BCUT2D eigenvalue weighted by atomic mass is 15.0. The average molecular weight is 164 g/mol. The molecule has 2 heteroatoms. The van der Waals surface area contributed by atoms with Crippen LogP contribution in [0.1, 0.15) is 34.6 Å². The summed E-state index contributed by atoms with van der Waals surface area (Å²) in [5.41, 5.74) is 4.50. The summed E-state index contributed by atoms with van der Waals surface area (Å²) in [6.07, 6.45) is 0. The Kier molecular flexibility index (Phi) is 105. The van der Waals surface area contributed by atoms with E-state index in [1.54, 1.807) is 0 Å². The van der Waals surface area contributed by atoms with Gasteiger partial charge < -0.3 is 10.6 Å². The molecule has 0 radical (unpaired) electrons. The molecule has 0 unspecified atom stereocenters. The molecule has 0 spiro atoms. The van der Waals surface area contributed by atoms with Crippen molar-refractivity contribution in [2.45, 2.75) is 34.6 Å². The number of rotatable bonds is 1. The zero-order valence-corrected chi connectivity index (χ0v) is 9.73. The van der Waals surface area contributed by atoms with Crippen LogP contribution < -0.4 is 5.73 Å². The second-order valence-electron chi connectivity index (χ2n) is 1.40. The molecule has 2 nitrogen and oxygen atoms in total. The minimum atomic E-state index is 1.14. The fourth-order valence-electron chi connectivity index (χ4n) is 0. The molecule has 0 heterocycles. The van der Waals surface area contributed by atoms with Gasteiger partial charge in [-0.15, -0.1) is 0 Å². The van der Waals surface area contributed by atoms with Crippen molar-refractivity contribution < 1.29 is 0 Å². The van der Waals surface area contributed by atoms with Crippen molar-refractivity contribution in [3.8, 4) is 0 Å². The smallest absolute Gasteiger partial charge is 0.00533 e. The average Bonchev–Trinajstić information content (AvgIpc) is 2.15. The van der Waals surface area contributed by atoms with E-state index < -0.39 is 0 Å². The van der Waals surface area contributed by atoms with E-state index in [4.69, 9.17) is 0 Å². The van der Waals surface area contributed by atoms with Gasteiger partial charge in [-0.2, -0.15) is 0 Å². The Labute approximate surface area is 73.8 Å². The monoisotopic (exact) mass is 164 g/mol. The Morgan fingerprint density at radius 2 is 1.00 bits per heavy atom. The molecule has 11 heavy (non-hydrogen) atoms. The first kappa shape index (κ1) is 22.4.